The fourth-order valence-electron chi connectivity index (χ4n) is 4.77. The number of carbonyl (C=O) groups is 2. The van der Waals surface area contributed by atoms with Gasteiger partial charge >= 0.3 is 5.76 Å². The van der Waals surface area contributed by atoms with Crippen LogP contribution in [0.15, 0.2) is 57.7 Å². The zero-order valence-electron chi connectivity index (χ0n) is 16.8. The lowest BCUT2D eigenvalue weighted by atomic mass is 9.88. The van der Waals surface area contributed by atoms with Crippen molar-refractivity contribution >= 4 is 22.9 Å². The molecule has 0 saturated carbocycles. The van der Waals surface area contributed by atoms with Crippen molar-refractivity contribution in [1.82, 2.24) is 14.4 Å². The maximum atomic E-state index is 13.3. The first kappa shape index (κ1) is 18.7. The van der Waals surface area contributed by atoms with Crippen LogP contribution in [0.25, 0.3) is 11.1 Å². The third kappa shape index (κ3) is 2.93. The van der Waals surface area contributed by atoms with Gasteiger partial charge in [-0.25, -0.2) is 4.79 Å². The first-order valence-electron chi connectivity index (χ1n) is 10.3. The van der Waals surface area contributed by atoms with Crippen LogP contribution in [-0.4, -0.2) is 39.8 Å². The van der Waals surface area contributed by atoms with Crippen molar-refractivity contribution in [1.29, 1.82) is 0 Å². The highest BCUT2D eigenvalue weighted by Gasteiger charge is 2.40. The van der Waals surface area contributed by atoms with Gasteiger partial charge in [0.1, 0.15) is 6.67 Å². The SMILES string of the molecule is CN1CCC[C@H](C[C@@H]2c3ccccc3C(=O)N2Cn2c(=O)oc3ccccc32)C1=O. The van der Waals surface area contributed by atoms with E-state index in [1.807, 2.05) is 43.4 Å². The predicted molar refractivity (Wildman–Crippen MR) is 111 cm³/mol. The topological polar surface area (TPSA) is 75.8 Å². The number of piperidine rings is 1. The second-order valence-electron chi connectivity index (χ2n) is 8.12. The summed E-state index contributed by atoms with van der Waals surface area (Å²) in [5, 5.41) is 0. The first-order valence-corrected chi connectivity index (χ1v) is 10.3. The van der Waals surface area contributed by atoms with Crippen LogP contribution in [0.4, 0.5) is 0 Å². The van der Waals surface area contributed by atoms with E-state index >= 15 is 0 Å². The van der Waals surface area contributed by atoms with E-state index in [0.29, 0.717) is 23.1 Å². The van der Waals surface area contributed by atoms with Crippen LogP contribution in [-0.2, 0) is 11.5 Å². The average molecular weight is 405 g/mol. The van der Waals surface area contributed by atoms with E-state index in [9.17, 15) is 14.4 Å². The summed E-state index contributed by atoms with van der Waals surface area (Å²) in [6, 6.07) is 14.5. The molecule has 2 aliphatic heterocycles. The Bertz CT molecular complexity index is 1190. The normalized spacial score (nSPS) is 21.5. The number of nitrogens with zero attached hydrogens (tertiary/aromatic N) is 3. The van der Waals surface area contributed by atoms with Crippen molar-refractivity contribution in [3.05, 3.63) is 70.2 Å². The van der Waals surface area contributed by atoms with Gasteiger partial charge < -0.3 is 14.2 Å². The van der Waals surface area contributed by atoms with E-state index in [4.69, 9.17) is 4.42 Å². The average Bonchev–Trinajstić information content (AvgIpc) is 3.21. The molecule has 2 aliphatic rings. The number of benzene rings is 2. The molecule has 30 heavy (non-hydrogen) atoms. The third-order valence-corrected chi connectivity index (χ3v) is 6.33. The van der Waals surface area contributed by atoms with Crippen LogP contribution in [0.5, 0.6) is 0 Å². The summed E-state index contributed by atoms with van der Waals surface area (Å²) >= 11 is 0. The summed E-state index contributed by atoms with van der Waals surface area (Å²) in [5.74, 6) is -0.617. The minimum absolute atomic E-state index is 0.0881. The summed E-state index contributed by atoms with van der Waals surface area (Å²) in [4.78, 5) is 41.9. The van der Waals surface area contributed by atoms with Gasteiger partial charge in [-0.05, 0) is 43.0 Å². The van der Waals surface area contributed by atoms with Crippen LogP contribution < -0.4 is 5.76 Å². The molecule has 154 valence electrons. The summed E-state index contributed by atoms with van der Waals surface area (Å²) in [6.45, 7) is 0.862. The number of aromatic nitrogens is 1. The summed E-state index contributed by atoms with van der Waals surface area (Å²) in [7, 11) is 1.83. The van der Waals surface area contributed by atoms with Crippen molar-refractivity contribution in [3.63, 3.8) is 0 Å². The van der Waals surface area contributed by atoms with E-state index in [-0.39, 0.29) is 30.4 Å². The van der Waals surface area contributed by atoms with Crippen molar-refractivity contribution in [3.8, 4) is 0 Å². The van der Waals surface area contributed by atoms with Gasteiger partial charge in [-0.15, -0.1) is 0 Å². The fourth-order valence-corrected chi connectivity index (χ4v) is 4.77. The number of fused-ring (bicyclic) bond motifs is 2. The van der Waals surface area contributed by atoms with Gasteiger partial charge in [0.05, 0.1) is 11.6 Å². The summed E-state index contributed by atoms with van der Waals surface area (Å²) in [6.07, 6.45) is 2.33. The molecule has 2 amide bonds. The van der Waals surface area contributed by atoms with Crippen LogP contribution in [0.1, 0.15) is 41.2 Å². The van der Waals surface area contributed by atoms with Gasteiger partial charge in [0.15, 0.2) is 5.58 Å². The Morgan fingerprint density at radius 1 is 1.03 bits per heavy atom. The second kappa shape index (κ2) is 7.16. The lowest BCUT2D eigenvalue weighted by Crippen LogP contribution is -2.41. The minimum Gasteiger partial charge on any atom is -0.408 e. The molecular formula is C23H23N3O4. The highest BCUT2D eigenvalue weighted by atomic mass is 16.4. The zero-order chi connectivity index (χ0) is 20.8. The lowest BCUT2D eigenvalue weighted by molar-refractivity contribution is -0.137. The molecule has 2 atom stereocenters. The Kier molecular flexibility index (Phi) is 4.46. The third-order valence-electron chi connectivity index (χ3n) is 6.33. The Hall–Kier alpha value is -3.35. The van der Waals surface area contributed by atoms with Crippen LogP contribution in [0.3, 0.4) is 0 Å². The van der Waals surface area contributed by atoms with Crippen LogP contribution in [0, 0.1) is 5.92 Å². The number of oxazole rings is 1. The van der Waals surface area contributed by atoms with Gasteiger partial charge in [-0.1, -0.05) is 30.3 Å². The monoisotopic (exact) mass is 405 g/mol. The number of rotatable bonds is 4. The summed E-state index contributed by atoms with van der Waals surface area (Å²) in [5.41, 5.74) is 2.70. The van der Waals surface area contributed by atoms with E-state index < -0.39 is 5.76 Å². The Morgan fingerprint density at radius 2 is 1.80 bits per heavy atom. The second-order valence-corrected chi connectivity index (χ2v) is 8.12. The number of carbonyl (C=O) groups excluding carboxylic acids is 2. The fraction of sp³-hybridized carbons (Fsp3) is 0.348. The smallest absolute Gasteiger partial charge is 0.408 e. The lowest BCUT2D eigenvalue weighted by Gasteiger charge is -2.33. The van der Waals surface area contributed by atoms with Crippen molar-refractivity contribution < 1.29 is 14.0 Å². The molecular weight excluding hydrogens is 382 g/mol. The largest absolute Gasteiger partial charge is 0.421 e. The number of amides is 2. The van der Waals surface area contributed by atoms with Gasteiger partial charge in [-0.2, -0.15) is 0 Å². The zero-order valence-corrected chi connectivity index (χ0v) is 16.8. The first-order chi connectivity index (χ1) is 14.5. The molecule has 1 aromatic heterocycles. The highest BCUT2D eigenvalue weighted by molar-refractivity contribution is 5.99. The quantitative estimate of drug-likeness (QED) is 0.669. The maximum absolute atomic E-state index is 13.3. The Balaban J connectivity index is 1.52. The Morgan fingerprint density at radius 3 is 2.67 bits per heavy atom. The van der Waals surface area contributed by atoms with Crippen molar-refractivity contribution in [2.24, 2.45) is 5.92 Å². The number of para-hydroxylation sites is 2. The molecule has 0 aliphatic carbocycles. The molecule has 0 bridgehead atoms. The van der Waals surface area contributed by atoms with Gasteiger partial charge in [0, 0.05) is 25.1 Å². The molecule has 5 rings (SSSR count). The highest BCUT2D eigenvalue weighted by Crippen LogP contribution is 2.40. The summed E-state index contributed by atoms with van der Waals surface area (Å²) < 4.78 is 6.83. The molecule has 1 saturated heterocycles. The molecule has 7 nitrogen and oxygen atoms in total. The van der Waals surface area contributed by atoms with Gasteiger partial charge in [0.2, 0.25) is 5.91 Å². The molecule has 7 heteroatoms. The maximum Gasteiger partial charge on any atom is 0.421 e. The van der Waals surface area contributed by atoms with E-state index in [2.05, 4.69) is 0 Å². The van der Waals surface area contributed by atoms with Gasteiger partial charge in [-0.3, -0.25) is 14.2 Å². The number of hydrogen-bond acceptors (Lipinski definition) is 4. The van der Waals surface area contributed by atoms with Crippen molar-refractivity contribution in [2.75, 3.05) is 13.6 Å². The molecule has 0 spiro atoms. The predicted octanol–water partition coefficient (Wildman–Crippen LogP) is 3.01. The molecule has 0 radical (unpaired) electrons. The van der Waals surface area contributed by atoms with Crippen molar-refractivity contribution in [2.45, 2.75) is 32.0 Å². The standard InChI is InChI=1S/C23H23N3O4/c1-24-12-6-7-15(21(24)27)13-19-16-8-2-3-9-17(16)22(28)25(19)14-26-18-10-4-5-11-20(18)30-23(26)29/h2-5,8-11,15,19H,6-7,12-14H2,1H3/t15-,19-/m1/s1. The minimum atomic E-state index is -0.493. The van der Waals surface area contributed by atoms with E-state index in [0.717, 1.165) is 24.9 Å². The van der Waals surface area contributed by atoms with E-state index in [1.165, 1.54) is 4.57 Å². The van der Waals surface area contributed by atoms with Crippen LogP contribution >= 0.6 is 0 Å². The molecule has 0 N–H and O–H groups in total. The van der Waals surface area contributed by atoms with Crippen LogP contribution in [0.2, 0.25) is 0 Å². The number of likely N-dealkylation sites (tertiary alicyclic amines) is 1. The van der Waals surface area contributed by atoms with Gasteiger partial charge in [0.25, 0.3) is 5.91 Å². The molecule has 3 heterocycles. The van der Waals surface area contributed by atoms with E-state index in [1.54, 1.807) is 21.9 Å². The molecule has 0 unspecified atom stereocenters. The molecule has 1 fully saturated rings. The molecule has 2 aromatic carbocycles. The number of hydrogen-bond donors (Lipinski definition) is 0. The Labute approximate surface area is 173 Å². The molecule has 3 aromatic rings.